The molecule has 1 amide bonds. The van der Waals surface area contributed by atoms with Crippen LogP contribution in [-0.2, 0) is 4.79 Å². The van der Waals surface area contributed by atoms with Crippen LogP contribution in [0.1, 0.15) is 35.4 Å². The maximum absolute atomic E-state index is 12.8. The van der Waals surface area contributed by atoms with Crippen molar-refractivity contribution in [1.29, 1.82) is 0 Å². The largest absolute Gasteiger partial charge is 0.480 e. The SMILES string of the molecule is Cc1c(C(=O)N2CCCCC2C(=O)O)nnn1-c1cccc([N+](=O)[O-])c1. The number of nitro groups is 1. The molecular weight excluding hydrogens is 342 g/mol. The summed E-state index contributed by atoms with van der Waals surface area (Å²) in [5, 5.41) is 28.1. The van der Waals surface area contributed by atoms with Crippen LogP contribution in [0.5, 0.6) is 0 Å². The number of carboxylic acid groups (broad SMARTS) is 1. The predicted octanol–water partition coefficient (Wildman–Crippen LogP) is 1.56. The first-order valence-electron chi connectivity index (χ1n) is 8.11. The van der Waals surface area contributed by atoms with Gasteiger partial charge in [-0.15, -0.1) is 5.10 Å². The van der Waals surface area contributed by atoms with Crippen LogP contribution in [0, 0.1) is 17.0 Å². The number of amides is 1. The number of benzene rings is 1. The van der Waals surface area contributed by atoms with E-state index in [-0.39, 0.29) is 11.4 Å². The second-order valence-electron chi connectivity index (χ2n) is 6.06. The van der Waals surface area contributed by atoms with Gasteiger partial charge in [-0.3, -0.25) is 14.9 Å². The molecule has 1 saturated heterocycles. The Bertz CT molecular complexity index is 878. The number of nitro benzene ring substituents is 1. The van der Waals surface area contributed by atoms with Gasteiger partial charge in [0.1, 0.15) is 6.04 Å². The molecule has 0 spiro atoms. The molecule has 1 aliphatic rings. The summed E-state index contributed by atoms with van der Waals surface area (Å²) in [4.78, 5) is 35.9. The van der Waals surface area contributed by atoms with Crippen LogP contribution in [0.15, 0.2) is 24.3 Å². The summed E-state index contributed by atoms with van der Waals surface area (Å²) >= 11 is 0. The Kier molecular flexibility index (Phi) is 4.65. The average molecular weight is 359 g/mol. The van der Waals surface area contributed by atoms with Crippen molar-refractivity contribution >= 4 is 17.6 Å². The molecule has 3 rings (SSSR count). The lowest BCUT2D eigenvalue weighted by molar-refractivity contribution is -0.384. The number of hydrogen-bond acceptors (Lipinski definition) is 6. The Morgan fingerprint density at radius 3 is 2.81 bits per heavy atom. The summed E-state index contributed by atoms with van der Waals surface area (Å²) < 4.78 is 1.33. The lowest BCUT2D eigenvalue weighted by Gasteiger charge is -2.32. The van der Waals surface area contributed by atoms with Crippen LogP contribution in [0.25, 0.3) is 5.69 Å². The summed E-state index contributed by atoms with van der Waals surface area (Å²) in [6.45, 7) is 1.96. The number of non-ortho nitro benzene ring substituents is 1. The van der Waals surface area contributed by atoms with Crippen LogP contribution in [0.4, 0.5) is 5.69 Å². The fourth-order valence-electron chi connectivity index (χ4n) is 3.08. The van der Waals surface area contributed by atoms with Crippen molar-refractivity contribution in [3.05, 3.63) is 45.8 Å². The number of carboxylic acids is 1. The first-order valence-corrected chi connectivity index (χ1v) is 8.11. The highest BCUT2D eigenvalue weighted by Crippen LogP contribution is 2.22. The van der Waals surface area contributed by atoms with Crippen molar-refractivity contribution < 1.29 is 19.6 Å². The molecule has 0 bridgehead atoms. The van der Waals surface area contributed by atoms with Gasteiger partial charge in [0.15, 0.2) is 5.69 Å². The molecule has 2 heterocycles. The van der Waals surface area contributed by atoms with Crippen LogP contribution in [0.3, 0.4) is 0 Å². The fraction of sp³-hybridized carbons (Fsp3) is 0.375. The molecule has 1 aromatic carbocycles. The Morgan fingerprint density at radius 1 is 1.35 bits per heavy atom. The highest BCUT2D eigenvalue weighted by molar-refractivity contribution is 5.96. The highest BCUT2D eigenvalue weighted by atomic mass is 16.6. The molecule has 2 aromatic rings. The molecule has 1 fully saturated rings. The first-order chi connectivity index (χ1) is 12.4. The van der Waals surface area contributed by atoms with Crippen molar-refractivity contribution in [2.45, 2.75) is 32.2 Å². The van der Waals surface area contributed by atoms with Gasteiger partial charge in [0.2, 0.25) is 0 Å². The molecule has 1 N–H and O–H groups in total. The summed E-state index contributed by atoms with van der Waals surface area (Å²) in [6.07, 6.45) is 1.88. The van der Waals surface area contributed by atoms with E-state index in [2.05, 4.69) is 10.3 Å². The van der Waals surface area contributed by atoms with Gasteiger partial charge in [0.25, 0.3) is 11.6 Å². The number of nitrogens with zero attached hydrogens (tertiary/aromatic N) is 5. The van der Waals surface area contributed by atoms with Gasteiger partial charge in [0, 0.05) is 18.7 Å². The van der Waals surface area contributed by atoms with Gasteiger partial charge in [-0.1, -0.05) is 11.3 Å². The van der Waals surface area contributed by atoms with Crippen molar-refractivity contribution in [3.63, 3.8) is 0 Å². The number of aliphatic carboxylic acids is 1. The Morgan fingerprint density at radius 2 is 2.12 bits per heavy atom. The van der Waals surface area contributed by atoms with E-state index in [0.717, 1.165) is 12.8 Å². The number of carbonyl (C=O) groups is 2. The third kappa shape index (κ3) is 3.13. The number of likely N-dealkylation sites (tertiary alicyclic amines) is 1. The van der Waals surface area contributed by atoms with E-state index in [1.165, 1.54) is 27.8 Å². The van der Waals surface area contributed by atoms with Gasteiger partial charge < -0.3 is 10.0 Å². The molecule has 10 heteroatoms. The highest BCUT2D eigenvalue weighted by Gasteiger charge is 2.34. The molecule has 1 aromatic heterocycles. The Hall–Kier alpha value is -3.30. The molecule has 26 heavy (non-hydrogen) atoms. The topological polar surface area (TPSA) is 131 Å². The van der Waals surface area contributed by atoms with E-state index in [1.807, 2.05) is 0 Å². The standard InChI is InChI=1S/C16H17N5O5/c1-10-14(15(22)19-8-3-2-7-13(19)16(23)24)17-18-20(10)11-5-4-6-12(9-11)21(25)26/h4-6,9,13H,2-3,7-8H2,1H3,(H,23,24). The lowest BCUT2D eigenvalue weighted by atomic mass is 10.0. The minimum Gasteiger partial charge on any atom is -0.480 e. The van der Waals surface area contributed by atoms with Gasteiger partial charge in [-0.05, 0) is 32.3 Å². The second kappa shape index (κ2) is 6.90. The first kappa shape index (κ1) is 17.5. The third-order valence-corrected chi connectivity index (χ3v) is 4.43. The van der Waals surface area contributed by atoms with Crippen molar-refractivity contribution in [3.8, 4) is 5.69 Å². The number of aromatic nitrogens is 3. The van der Waals surface area contributed by atoms with E-state index in [4.69, 9.17) is 0 Å². The van der Waals surface area contributed by atoms with E-state index in [1.54, 1.807) is 13.0 Å². The summed E-state index contributed by atoms with van der Waals surface area (Å²) in [6, 6.07) is 4.94. The van der Waals surface area contributed by atoms with Gasteiger partial charge in [-0.25, -0.2) is 9.48 Å². The average Bonchev–Trinajstić information content (AvgIpc) is 3.02. The van der Waals surface area contributed by atoms with E-state index < -0.39 is 22.8 Å². The Balaban J connectivity index is 1.93. The minimum atomic E-state index is -1.04. The monoisotopic (exact) mass is 359 g/mol. The lowest BCUT2D eigenvalue weighted by Crippen LogP contribution is -2.48. The third-order valence-electron chi connectivity index (χ3n) is 4.43. The number of piperidine rings is 1. The molecule has 1 aliphatic heterocycles. The maximum Gasteiger partial charge on any atom is 0.326 e. The normalized spacial score (nSPS) is 17.1. The summed E-state index contributed by atoms with van der Waals surface area (Å²) in [5.41, 5.74) is 0.735. The Labute approximate surface area is 148 Å². The summed E-state index contributed by atoms with van der Waals surface area (Å²) in [5.74, 6) is -1.53. The minimum absolute atomic E-state index is 0.0460. The molecule has 1 atom stereocenters. The van der Waals surface area contributed by atoms with E-state index in [0.29, 0.717) is 24.3 Å². The van der Waals surface area contributed by atoms with Crippen LogP contribution in [0.2, 0.25) is 0 Å². The van der Waals surface area contributed by atoms with Gasteiger partial charge >= 0.3 is 5.97 Å². The van der Waals surface area contributed by atoms with Crippen LogP contribution in [-0.4, -0.2) is 54.4 Å². The van der Waals surface area contributed by atoms with Crippen molar-refractivity contribution in [2.75, 3.05) is 6.54 Å². The molecule has 10 nitrogen and oxygen atoms in total. The zero-order chi connectivity index (χ0) is 18.8. The molecular formula is C16H17N5O5. The van der Waals surface area contributed by atoms with Gasteiger partial charge in [0.05, 0.1) is 16.3 Å². The fourth-order valence-corrected chi connectivity index (χ4v) is 3.08. The number of hydrogen-bond donors (Lipinski definition) is 1. The number of rotatable bonds is 4. The quantitative estimate of drug-likeness (QED) is 0.647. The van der Waals surface area contributed by atoms with Crippen molar-refractivity contribution in [2.24, 2.45) is 0 Å². The molecule has 0 aliphatic carbocycles. The van der Waals surface area contributed by atoms with Crippen molar-refractivity contribution in [1.82, 2.24) is 19.9 Å². The van der Waals surface area contributed by atoms with Crippen LogP contribution >= 0.6 is 0 Å². The predicted molar refractivity (Wildman–Crippen MR) is 89.1 cm³/mol. The zero-order valence-electron chi connectivity index (χ0n) is 14.0. The molecule has 136 valence electrons. The zero-order valence-corrected chi connectivity index (χ0v) is 14.0. The van der Waals surface area contributed by atoms with E-state index >= 15 is 0 Å². The molecule has 0 saturated carbocycles. The number of carbonyl (C=O) groups excluding carboxylic acids is 1. The molecule has 1 unspecified atom stereocenters. The second-order valence-corrected chi connectivity index (χ2v) is 6.06. The maximum atomic E-state index is 12.8. The van der Waals surface area contributed by atoms with E-state index in [9.17, 15) is 24.8 Å². The van der Waals surface area contributed by atoms with Crippen LogP contribution < -0.4 is 0 Å². The van der Waals surface area contributed by atoms with Gasteiger partial charge in [-0.2, -0.15) is 0 Å². The summed E-state index contributed by atoms with van der Waals surface area (Å²) in [7, 11) is 0. The molecule has 0 radical (unpaired) electrons. The smallest absolute Gasteiger partial charge is 0.326 e.